The van der Waals surface area contributed by atoms with Crippen molar-refractivity contribution >= 4 is 5.91 Å². The Morgan fingerprint density at radius 3 is 2.76 bits per heavy atom. The van der Waals surface area contributed by atoms with E-state index in [1.807, 2.05) is 13.0 Å². The Morgan fingerprint density at radius 1 is 1.21 bits per heavy atom. The number of fused-ring (bicyclic) bond motifs is 3. The number of hydrogen-bond acceptors (Lipinski definition) is 4. The average Bonchev–Trinajstić information content (AvgIpc) is 3.10. The molecule has 0 spiro atoms. The third kappa shape index (κ3) is 3.80. The summed E-state index contributed by atoms with van der Waals surface area (Å²) in [5, 5.41) is 9.37. The summed E-state index contributed by atoms with van der Waals surface area (Å²) >= 11 is 0. The molecule has 0 radical (unpaired) electrons. The highest BCUT2D eigenvalue weighted by molar-refractivity contribution is 5.90. The van der Waals surface area contributed by atoms with Crippen LogP contribution in [0.2, 0.25) is 0 Å². The molecule has 5 heteroatoms. The van der Waals surface area contributed by atoms with Crippen molar-refractivity contribution in [1.82, 2.24) is 0 Å². The van der Waals surface area contributed by atoms with E-state index in [-0.39, 0.29) is 24.2 Å². The average molecular weight is 393 g/mol. The van der Waals surface area contributed by atoms with E-state index in [0.29, 0.717) is 13.0 Å². The van der Waals surface area contributed by atoms with Crippen molar-refractivity contribution in [2.75, 3.05) is 13.2 Å². The standard InChI is InChI=1S/C24H27NO4/c1-2-28-24-20(8-5-11-26)21(14-22(29-24)23(25)27)16-9-10-19-17(13-16)12-15-6-3-4-7-18(15)19/h3-4,6-7,9-10,13-14,20-21,24,26H,2,5,8,11-12H2,1H3,(H2,25,27)/t20-,21+,24+/m0/s1. The van der Waals surface area contributed by atoms with Gasteiger partial charge in [0.1, 0.15) is 0 Å². The van der Waals surface area contributed by atoms with Crippen LogP contribution in [0, 0.1) is 5.92 Å². The Labute approximate surface area is 171 Å². The molecule has 29 heavy (non-hydrogen) atoms. The maximum atomic E-state index is 11.9. The zero-order valence-corrected chi connectivity index (χ0v) is 16.6. The predicted molar refractivity (Wildman–Crippen MR) is 111 cm³/mol. The van der Waals surface area contributed by atoms with E-state index >= 15 is 0 Å². The first kappa shape index (κ1) is 19.7. The van der Waals surface area contributed by atoms with Crippen LogP contribution in [0.15, 0.2) is 54.3 Å². The fraction of sp³-hybridized carbons (Fsp3) is 0.375. The van der Waals surface area contributed by atoms with Gasteiger partial charge in [0.05, 0.1) is 0 Å². The molecular formula is C24H27NO4. The summed E-state index contributed by atoms with van der Waals surface area (Å²) in [7, 11) is 0. The molecule has 2 aromatic carbocycles. The van der Waals surface area contributed by atoms with Crippen molar-refractivity contribution in [2.24, 2.45) is 11.7 Å². The second kappa shape index (κ2) is 8.39. The van der Waals surface area contributed by atoms with E-state index in [9.17, 15) is 9.90 Å². The van der Waals surface area contributed by atoms with E-state index in [1.165, 1.54) is 22.3 Å². The SMILES string of the molecule is CCO[C@@H]1OC(C(N)=O)=C[C@H](c2ccc3c(c2)Cc2ccccc2-3)[C@@H]1CCCO. The van der Waals surface area contributed by atoms with E-state index in [0.717, 1.165) is 18.4 Å². The zero-order chi connectivity index (χ0) is 20.4. The molecule has 0 bridgehead atoms. The Morgan fingerprint density at radius 2 is 2.00 bits per heavy atom. The topological polar surface area (TPSA) is 81.8 Å². The first-order chi connectivity index (χ1) is 14.1. The van der Waals surface area contributed by atoms with Gasteiger partial charge in [0.2, 0.25) is 6.29 Å². The molecule has 0 saturated carbocycles. The number of carbonyl (C=O) groups is 1. The van der Waals surface area contributed by atoms with Gasteiger partial charge in [0, 0.05) is 25.0 Å². The molecule has 0 saturated heterocycles. The molecule has 4 rings (SSSR count). The maximum Gasteiger partial charge on any atom is 0.283 e. The summed E-state index contributed by atoms with van der Waals surface area (Å²) < 4.78 is 11.6. The van der Waals surface area contributed by atoms with Crippen molar-refractivity contribution in [1.29, 1.82) is 0 Å². The van der Waals surface area contributed by atoms with Crippen LogP contribution in [0.1, 0.15) is 42.4 Å². The highest BCUT2D eigenvalue weighted by Crippen LogP contribution is 2.43. The van der Waals surface area contributed by atoms with Crippen LogP contribution in [-0.2, 0) is 20.7 Å². The summed E-state index contributed by atoms with van der Waals surface area (Å²) in [5.74, 6) is -0.512. The first-order valence-electron chi connectivity index (χ1n) is 10.2. The highest BCUT2D eigenvalue weighted by Gasteiger charge is 2.37. The number of aliphatic hydroxyl groups excluding tert-OH is 1. The molecule has 152 valence electrons. The predicted octanol–water partition coefficient (Wildman–Crippen LogP) is 3.49. The van der Waals surface area contributed by atoms with Crippen LogP contribution in [0.4, 0.5) is 0 Å². The largest absolute Gasteiger partial charge is 0.459 e. The van der Waals surface area contributed by atoms with E-state index in [4.69, 9.17) is 15.2 Å². The maximum absolute atomic E-state index is 11.9. The lowest BCUT2D eigenvalue weighted by molar-refractivity contribution is -0.165. The molecular weight excluding hydrogens is 366 g/mol. The van der Waals surface area contributed by atoms with Gasteiger partial charge in [-0.25, -0.2) is 0 Å². The minimum absolute atomic E-state index is 0.00738. The molecule has 2 aliphatic rings. The highest BCUT2D eigenvalue weighted by atomic mass is 16.7. The molecule has 0 unspecified atom stereocenters. The fourth-order valence-electron chi connectivity index (χ4n) is 4.53. The number of primary amides is 1. The molecule has 3 atom stereocenters. The van der Waals surface area contributed by atoms with Crippen LogP contribution in [-0.4, -0.2) is 30.5 Å². The lowest BCUT2D eigenvalue weighted by Gasteiger charge is -2.36. The first-order valence-corrected chi connectivity index (χ1v) is 10.2. The third-order valence-corrected chi connectivity index (χ3v) is 5.86. The van der Waals surface area contributed by atoms with Crippen molar-refractivity contribution in [3.8, 4) is 11.1 Å². The van der Waals surface area contributed by atoms with Crippen molar-refractivity contribution in [3.63, 3.8) is 0 Å². The number of hydrogen-bond donors (Lipinski definition) is 2. The molecule has 1 amide bonds. The van der Waals surface area contributed by atoms with Gasteiger partial charge in [-0.2, -0.15) is 0 Å². The molecule has 0 fully saturated rings. The van der Waals surface area contributed by atoms with Crippen LogP contribution >= 0.6 is 0 Å². The van der Waals surface area contributed by atoms with Gasteiger partial charge in [0.25, 0.3) is 5.91 Å². The second-order valence-corrected chi connectivity index (χ2v) is 7.64. The van der Waals surface area contributed by atoms with Crippen molar-refractivity contribution < 1.29 is 19.4 Å². The van der Waals surface area contributed by atoms with Gasteiger partial charge in [-0.1, -0.05) is 42.5 Å². The second-order valence-electron chi connectivity index (χ2n) is 7.64. The van der Waals surface area contributed by atoms with Gasteiger partial charge in [-0.05, 0) is 60.1 Å². The molecule has 2 aromatic rings. The zero-order valence-electron chi connectivity index (χ0n) is 16.6. The number of nitrogens with two attached hydrogens (primary N) is 1. The monoisotopic (exact) mass is 393 g/mol. The number of allylic oxidation sites excluding steroid dienone is 1. The molecule has 5 nitrogen and oxygen atoms in total. The summed E-state index contributed by atoms with van der Waals surface area (Å²) in [5.41, 5.74) is 11.8. The summed E-state index contributed by atoms with van der Waals surface area (Å²) in [6, 6.07) is 15.0. The number of carbonyl (C=O) groups excluding carboxylic acids is 1. The quantitative estimate of drug-likeness (QED) is 0.644. The van der Waals surface area contributed by atoms with Crippen LogP contribution in [0.3, 0.4) is 0 Å². The minimum Gasteiger partial charge on any atom is -0.459 e. The van der Waals surface area contributed by atoms with Gasteiger partial charge < -0.3 is 20.3 Å². The normalized spacial score (nSPS) is 22.4. The lowest BCUT2D eigenvalue weighted by atomic mass is 9.80. The summed E-state index contributed by atoms with van der Waals surface area (Å²) in [6.07, 6.45) is 3.54. The van der Waals surface area contributed by atoms with Crippen LogP contribution in [0.5, 0.6) is 0 Å². The van der Waals surface area contributed by atoms with Crippen LogP contribution < -0.4 is 5.73 Å². The van der Waals surface area contributed by atoms with E-state index < -0.39 is 12.2 Å². The number of amides is 1. The molecule has 1 heterocycles. The van der Waals surface area contributed by atoms with Gasteiger partial charge in [-0.15, -0.1) is 0 Å². The molecule has 3 N–H and O–H groups in total. The van der Waals surface area contributed by atoms with Gasteiger partial charge in [0.15, 0.2) is 5.76 Å². The smallest absolute Gasteiger partial charge is 0.283 e. The Hall–Kier alpha value is -2.63. The van der Waals surface area contributed by atoms with E-state index in [2.05, 4.69) is 42.5 Å². The summed E-state index contributed by atoms with van der Waals surface area (Å²) in [4.78, 5) is 11.9. The van der Waals surface area contributed by atoms with Crippen molar-refractivity contribution in [3.05, 3.63) is 71.0 Å². The van der Waals surface area contributed by atoms with Crippen molar-refractivity contribution in [2.45, 2.75) is 38.4 Å². The van der Waals surface area contributed by atoms with Gasteiger partial charge in [-0.3, -0.25) is 4.79 Å². The minimum atomic E-state index is -0.589. The number of aliphatic hydroxyl groups is 1. The summed E-state index contributed by atoms with van der Waals surface area (Å²) in [6.45, 7) is 2.48. The lowest BCUT2D eigenvalue weighted by Crippen LogP contribution is -2.37. The number of rotatable bonds is 7. The molecule has 1 aliphatic heterocycles. The van der Waals surface area contributed by atoms with E-state index in [1.54, 1.807) is 0 Å². The fourth-order valence-corrected chi connectivity index (χ4v) is 4.53. The molecule has 0 aromatic heterocycles. The Bertz CT molecular complexity index is 936. The third-order valence-electron chi connectivity index (χ3n) is 5.86. The number of ether oxygens (including phenoxy) is 2. The Kier molecular flexibility index (Phi) is 5.69. The van der Waals surface area contributed by atoms with Gasteiger partial charge >= 0.3 is 0 Å². The number of benzene rings is 2. The van der Waals surface area contributed by atoms with Crippen LogP contribution in [0.25, 0.3) is 11.1 Å². The Balaban J connectivity index is 1.72. The molecule has 1 aliphatic carbocycles.